The maximum atomic E-state index is 15.3. The molecule has 0 aliphatic carbocycles. The molecule has 0 N–H and O–H groups in total. The minimum Gasteiger partial charge on any atom is -0.493 e. The first-order valence-electron chi connectivity index (χ1n) is 18.9. The van der Waals surface area contributed by atoms with Gasteiger partial charge in [-0.25, -0.2) is 13.2 Å². The summed E-state index contributed by atoms with van der Waals surface area (Å²) < 4.78 is 35.2. The summed E-state index contributed by atoms with van der Waals surface area (Å²) in [6.45, 7) is 10.9. The molecule has 11 nitrogen and oxygen atoms in total. The van der Waals surface area contributed by atoms with E-state index >= 15 is 4.79 Å². The number of likely N-dealkylation sites (tertiary alicyclic amines) is 1. The van der Waals surface area contributed by atoms with Crippen molar-refractivity contribution in [2.24, 2.45) is 4.99 Å². The summed E-state index contributed by atoms with van der Waals surface area (Å²) in [6.07, 6.45) is 3.71. The molecular formula is C40H48Cl2N6O5S. The molecule has 0 bridgehead atoms. The van der Waals surface area contributed by atoms with Gasteiger partial charge in [-0.2, -0.15) is 4.31 Å². The lowest BCUT2D eigenvalue weighted by Gasteiger charge is -2.47. The Morgan fingerprint density at radius 3 is 1.93 bits per heavy atom. The number of benzene rings is 3. The average molecular weight is 796 g/mol. The predicted octanol–water partition coefficient (Wildman–Crippen LogP) is 6.43. The molecule has 2 atom stereocenters. The highest BCUT2D eigenvalue weighted by molar-refractivity contribution is 7.89. The van der Waals surface area contributed by atoms with Crippen LogP contribution in [0.15, 0.2) is 76.6 Å². The second kappa shape index (κ2) is 15.5. The molecule has 0 saturated carbocycles. The largest absolute Gasteiger partial charge is 0.493 e. The predicted molar refractivity (Wildman–Crippen MR) is 211 cm³/mol. The Bertz CT molecular complexity index is 2010. The van der Waals surface area contributed by atoms with Crippen LogP contribution >= 0.6 is 23.2 Å². The lowest BCUT2D eigenvalue weighted by atomic mass is 9.71. The van der Waals surface area contributed by atoms with Gasteiger partial charge in [0.2, 0.25) is 15.9 Å². The van der Waals surface area contributed by atoms with Crippen molar-refractivity contribution in [1.82, 2.24) is 23.9 Å². The molecular weight excluding hydrogens is 747 g/mol. The molecule has 3 fully saturated rings. The standard InChI is InChI=1S/C40H48Cl2N6O5S/c1-4-53-35-27-33(54(51,52)47-21-7-8-22-47)17-18-34(35)37-43-39(2,29-9-13-31(41)14-10-29)40(3,30-11-15-32(42)16-12-30)48(37)38(50)46-25-23-44(24-26-46)28-36(49)45-19-5-6-20-45/h9-18,27H,4-8,19-26,28H2,1-3H3/t39-,40?/m0/s1. The van der Waals surface area contributed by atoms with E-state index in [1.54, 1.807) is 23.1 Å². The minimum atomic E-state index is -3.76. The molecule has 7 rings (SSSR count). The first-order chi connectivity index (χ1) is 25.9. The van der Waals surface area contributed by atoms with Gasteiger partial charge in [-0.15, -0.1) is 0 Å². The Labute approximate surface area is 328 Å². The second-order valence-corrected chi connectivity index (χ2v) is 17.6. The van der Waals surface area contributed by atoms with E-state index in [-0.39, 0.29) is 23.4 Å². The van der Waals surface area contributed by atoms with Crippen LogP contribution in [0.2, 0.25) is 10.0 Å². The number of aliphatic imine (C=N–C) groups is 1. The van der Waals surface area contributed by atoms with Gasteiger partial charge >= 0.3 is 6.03 Å². The van der Waals surface area contributed by atoms with Crippen molar-refractivity contribution in [1.29, 1.82) is 0 Å². The zero-order chi connectivity index (χ0) is 38.3. The SMILES string of the molecule is CCOc1cc(S(=O)(=O)N2CCCC2)ccc1C1=N[C@@](C)(c2ccc(Cl)cc2)C(C)(c2ccc(Cl)cc2)N1C(=O)N1CCN(CC(=O)N2CCCC2)CC1. The van der Waals surface area contributed by atoms with E-state index in [4.69, 9.17) is 32.9 Å². The third-order valence-corrected chi connectivity index (χ3v) is 14.0. The molecule has 3 saturated heterocycles. The van der Waals surface area contributed by atoms with Gasteiger partial charge in [0.25, 0.3) is 0 Å². The van der Waals surface area contributed by atoms with E-state index in [2.05, 4.69) is 4.90 Å². The number of hydrogen-bond acceptors (Lipinski definition) is 7. The van der Waals surface area contributed by atoms with E-state index < -0.39 is 21.1 Å². The van der Waals surface area contributed by atoms with Crippen LogP contribution in [0, 0.1) is 0 Å². The molecule has 54 heavy (non-hydrogen) atoms. The van der Waals surface area contributed by atoms with Crippen molar-refractivity contribution in [3.63, 3.8) is 0 Å². The van der Waals surface area contributed by atoms with Crippen molar-refractivity contribution in [2.45, 2.75) is 62.4 Å². The lowest BCUT2D eigenvalue weighted by molar-refractivity contribution is -0.131. The van der Waals surface area contributed by atoms with Gasteiger partial charge in [-0.05, 0) is 94.0 Å². The van der Waals surface area contributed by atoms with Crippen molar-refractivity contribution in [3.8, 4) is 5.75 Å². The van der Waals surface area contributed by atoms with E-state index in [1.165, 1.54) is 4.31 Å². The Balaban J connectivity index is 1.33. The van der Waals surface area contributed by atoms with Gasteiger partial charge in [0.1, 0.15) is 22.7 Å². The molecule has 3 amide bonds. The van der Waals surface area contributed by atoms with Crippen molar-refractivity contribution >= 4 is 51.0 Å². The van der Waals surface area contributed by atoms with Crippen LogP contribution in [0.1, 0.15) is 63.1 Å². The molecule has 4 aliphatic rings. The number of rotatable bonds is 9. The molecule has 0 spiro atoms. The Morgan fingerprint density at radius 1 is 0.759 bits per heavy atom. The molecule has 0 aromatic heterocycles. The molecule has 0 radical (unpaired) electrons. The number of amides is 3. The summed E-state index contributed by atoms with van der Waals surface area (Å²) in [6, 6.07) is 19.6. The zero-order valence-corrected chi connectivity index (χ0v) is 33.5. The quantitative estimate of drug-likeness (QED) is 0.247. The third kappa shape index (κ3) is 7.00. The zero-order valence-electron chi connectivity index (χ0n) is 31.1. The third-order valence-electron chi connectivity index (χ3n) is 11.6. The minimum absolute atomic E-state index is 0.133. The van der Waals surface area contributed by atoms with Crippen LogP contribution in [0.4, 0.5) is 4.79 Å². The summed E-state index contributed by atoms with van der Waals surface area (Å²) in [7, 11) is -3.76. The van der Waals surface area contributed by atoms with Crippen LogP contribution < -0.4 is 4.74 Å². The maximum Gasteiger partial charge on any atom is 0.326 e. The number of piperazine rings is 1. The molecule has 14 heteroatoms. The highest BCUT2D eigenvalue weighted by atomic mass is 35.5. The highest BCUT2D eigenvalue weighted by Crippen LogP contribution is 2.54. The summed E-state index contributed by atoms with van der Waals surface area (Å²) in [5.74, 6) is 0.808. The van der Waals surface area contributed by atoms with Gasteiger partial charge in [0.15, 0.2) is 0 Å². The highest BCUT2D eigenvalue weighted by Gasteiger charge is 2.60. The monoisotopic (exact) mass is 794 g/mol. The average Bonchev–Trinajstić information content (AvgIpc) is 3.95. The number of hydrogen-bond donors (Lipinski definition) is 0. The summed E-state index contributed by atoms with van der Waals surface area (Å²) >= 11 is 12.8. The Kier molecular flexibility index (Phi) is 11.0. The van der Waals surface area contributed by atoms with Crippen molar-refractivity contribution in [3.05, 3.63) is 93.5 Å². The van der Waals surface area contributed by atoms with Crippen LogP contribution in [0.5, 0.6) is 5.75 Å². The van der Waals surface area contributed by atoms with Gasteiger partial charge in [-0.1, -0.05) is 47.5 Å². The summed E-state index contributed by atoms with van der Waals surface area (Å²) in [4.78, 5) is 41.5. The molecule has 4 heterocycles. The van der Waals surface area contributed by atoms with E-state index in [1.807, 2.05) is 79.1 Å². The number of amidine groups is 1. The number of carbonyl (C=O) groups is 2. The van der Waals surface area contributed by atoms with Crippen LogP contribution in [0.3, 0.4) is 0 Å². The number of halogens is 2. The van der Waals surface area contributed by atoms with Gasteiger partial charge < -0.3 is 14.5 Å². The fourth-order valence-electron chi connectivity index (χ4n) is 8.26. The first-order valence-corrected chi connectivity index (χ1v) is 21.0. The number of sulfonamides is 1. The van der Waals surface area contributed by atoms with Crippen molar-refractivity contribution < 1.29 is 22.7 Å². The fourth-order valence-corrected chi connectivity index (χ4v) is 10.0. The number of nitrogens with zero attached hydrogens (tertiary/aromatic N) is 6. The fraction of sp³-hybridized carbons (Fsp3) is 0.475. The van der Waals surface area contributed by atoms with Crippen molar-refractivity contribution in [2.75, 3.05) is 65.5 Å². The van der Waals surface area contributed by atoms with Gasteiger partial charge in [0.05, 0.1) is 23.6 Å². The number of ether oxygens (including phenoxy) is 1. The normalized spacial score (nSPS) is 23.9. The van der Waals surface area contributed by atoms with Crippen LogP contribution in [-0.4, -0.2) is 116 Å². The van der Waals surface area contributed by atoms with Crippen LogP contribution in [-0.2, 0) is 25.9 Å². The first kappa shape index (κ1) is 38.6. The van der Waals surface area contributed by atoms with Gasteiger partial charge in [0, 0.05) is 68.5 Å². The Morgan fingerprint density at radius 2 is 1.33 bits per heavy atom. The van der Waals surface area contributed by atoms with E-state index in [0.717, 1.165) is 49.9 Å². The summed E-state index contributed by atoms with van der Waals surface area (Å²) in [5, 5.41) is 1.13. The Hall–Kier alpha value is -3.68. The molecule has 288 valence electrons. The smallest absolute Gasteiger partial charge is 0.326 e. The van der Waals surface area contributed by atoms with E-state index in [0.29, 0.717) is 73.0 Å². The number of urea groups is 1. The molecule has 3 aromatic carbocycles. The van der Waals surface area contributed by atoms with Gasteiger partial charge in [-0.3, -0.25) is 19.6 Å². The number of carbonyl (C=O) groups excluding carboxylic acids is 2. The second-order valence-electron chi connectivity index (χ2n) is 14.8. The van der Waals surface area contributed by atoms with Crippen LogP contribution in [0.25, 0.3) is 0 Å². The summed E-state index contributed by atoms with van der Waals surface area (Å²) in [5.41, 5.74) is -0.0568. The lowest BCUT2D eigenvalue weighted by Crippen LogP contribution is -2.61. The maximum absolute atomic E-state index is 15.3. The topological polar surface area (TPSA) is 106 Å². The molecule has 4 aliphatic heterocycles. The molecule has 1 unspecified atom stereocenters. The van der Waals surface area contributed by atoms with E-state index in [9.17, 15) is 13.2 Å². The molecule has 3 aromatic rings.